The zero-order valence-electron chi connectivity index (χ0n) is 23.4. The van der Waals surface area contributed by atoms with Gasteiger partial charge in [-0.1, -0.05) is 55.9 Å². The van der Waals surface area contributed by atoms with Crippen LogP contribution in [0.25, 0.3) is 11.4 Å². The summed E-state index contributed by atoms with van der Waals surface area (Å²) in [5, 5.41) is 19.5. The molecular weight excluding hydrogens is 579 g/mol. The molecule has 1 aliphatic heterocycles. The fraction of sp³-hybridized carbons (Fsp3) is 0.258. The van der Waals surface area contributed by atoms with E-state index in [0.717, 1.165) is 23.4 Å². The summed E-state index contributed by atoms with van der Waals surface area (Å²) in [7, 11) is 0. The minimum absolute atomic E-state index is 0.0126. The Kier molecular flexibility index (Phi) is 9.42. The number of carbonyl (C=O) groups is 1. The first-order valence-electron chi connectivity index (χ1n) is 13.1. The topological polar surface area (TPSA) is 135 Å². The minimum atomic E-state index is -4.86. The molecule has 0 radical (unpaired) electrons. The highest BCUT2D eigenvalue weighted by Crippen LogP contribution is 2.43. The number of carbonyl (C=O) groups excluding carboxylic acids is 1. The summed E-state index contributed by atoms with van der Waals surface area (Å²) in [5.74, 6) is -2.03. The number of allylic oxidation sites excluding steroid dienone is 1. The number of aromatic nitrogens is 2. The number of esters is 1. The van der Waals surface area contributed by atoms with Crippen LogP contribution >= 0.6 is 11.8 Å². The molecular formula is C31H26F3N5O3S. The average molecular weight is 606 g/mol. The van der Waals surface area contributed by atoms with Gasteiger partial charge in [0.15, 0.2) is 0 Å². The van der Waals surface area contributed by atoms with Crippen LogP contribution in [0, 0.1) is 22.7 Å². The molecule has 2 aromatic heterocycles. The van der Waals surface area contributed by atoms with E-state index in [9.17, 15) is 28.5 Å². The first-order chi connectivity index (χ1) is 20.5. The Hall–Kier alpha value is -4.81. The maximum atomic E-state index is 14.1. The number of nitrogens with zero attached hydrogens (tertiary/aromatic N) is 4. The molecule has 0 fully saturated rings. The van der Waals surface area contributed by atoms with Crippen molar-refractivity contribution in [2.75, 3.05) is 12.4 Å². The molecule has 0 saturated carbocycles. The molecule has 8 nitrogen and oxygen atoms in total. The van der Waals surface area contributed by atoms with Gasteiger partial charge in [-0.15, -0.1) is 0 Å². The molecule has 3 aromatic rings. The van der Waals surface area contributed by atoms with Gasteiger partial charge >= 0.3 is 12.1 Å². The molecule has 4 rings (SSSR count). The second kappa shape index (κ2) is 13.0. The lowest BCUT2D eigenvalue weighted by atomic mass is 9.82. The molecule has 3 heterocycles. The third-order valence-corrected chi connectivity index (χ3v) is 7.57. The van der Waals surface area contributed by atoms with Crippen molar-refractivity contribution in [1.82, 2.24) is 9.97 Å². The Bertz CT molecular complexity index is 1670. The van der Waals surface area contributed by atoms with Crippen molar-refractivity contribution in [2.45, 2.75) is 43.8 Å². The Morgan fingerprint density at radius 1 is 1.14 bits per heavy atom. The third kappa shape index (κ3) is 6.65. The van der Waals surface area contributed by atoms with E-state index in [1.165, 1.54) is 12.3 Å². The highest BCUT2D eigenvalue weighted by atomic mass is 32.2. The van der Waals surface area contributed by atoms with Gasteiger partial charge in [0.05, 0.1) is 46.4 Å². The largest absolute Gasteiger partial charge is 0.463 e. The molecule has 0 spiro atoms. The van der Waals surface area contributed by atoms with E-state index < -0.39 is 29.2 Å². The molecule has 220 valence electrons. The highest BCUT2D eigenvalue weighted by molar-refractivity contribution is 7.99. The summed E-state index contributed by atoms with van der Waals surface area (Å²) in [5.41, 5.74) is 5.94. The number of benzene rings is 1. The SMILES string of the molecule is CCOC(=O)C1=C(CSc2nc(-c3ccccn3)cc(C(F)(F)F)c2C#N)OC(N)=C(C#N)C1c1ccc(C(C)C)cc1. The molecule has 43 heavy (non-hydrogen) atoms. The van der Waals surface area contributed by atoms with Crippen LogP contribution in [0.4, 0.5) is 13.2 Å². The Labute approximate surface area is 250 Å². The summed E-state index contributed by atoms with van der Waals surface area (Å²) in [4.78, 5) is 21.7. The van der Waals surface area contributed by atoms with Crippen molar-refractivity contribution in [1.29, 1.82) is 10.5 Å². The van der Waals surface area contributed by atoms with Crippen LogP contribution in [-0.2, 0) is 20.4 Å². The highest BCUT2D eigenvalue weighted by Gasteiger charge is 2.39. The van der Waals surface area contributed by atoms with Crippen LogP contribution in [0.2, 0.25) is 0 Å². The van der Waals surface area contributed by atoms with Gasteiger partial charge in [-0.25, -0.2) is 9.78 Å². The van der Waals surface area contributed by atoms with Gasteiger partial charge in [-0.05, 0) is 42.2 Å². The van der Waals surface area contributed by atoms with Crippen molar-refractivity contribution >= 4 is 17.7 Å². The number of pyridine rings is 2. The fourth-order valence-electron chi connectivity index (χ4n) is 4.50. The van der Waals surface area contributed by atoms with E-state index in [4.69, 9.17) is 15.2 Å². The van der Waals surface area contributed by atoms with Gasteiger partial charge in [0.1, 0.15) is 28.5 Å². The number of ether oxygens (including phenoxy) is 2. The summed E-state index contributed by atoms with van der Waals surface area (Å²) in [6.07, 6.45) is -3.44. The number of hydrogen-bond acceptors (Lipinski definition) is 9. The smallest absolute Gasteiger partial charge is 0.417 e. The molecule has 2 N–H and O–H groups in total. The van der Waals surface area contributed by atoms with E-state index in [1.807, 2.05) is 32.0 Å². The first kappa shape index (κ1) is 31.1. The standard InChI is InChI=1S/C31H26F3N5O3S/c1-4-41-30(40)27-25(42-28(37)21(15-36)26(27)19-10-8-18(9-11-19)17(2)3)16-43-29-20(14-35)22(31(32,33)34)13-24(39-29)23-7-5-6-12-38-23/h5-13,17,26H,4,16,37H2,1-3H3. The molecule has 1 aliphatic rings. The predicted molar refractivity (Wildman–Crippen MR) is 153 cm³/mol. The third-order valence-electron chi connectivity index (χ3n) is 6.60. The summed E-state index contributed by atoms with van der Waals surface area (Å²) in [6.45, 7) is 5.68. The van der Waals surface area contributed by atoms with Crippen molar-refractivity contribution in [3.63, 3.8) is 0 Å². The number of thioether (sulfide) groups is 1. The van der Waals surface area contributed by atoms with Crippen LogP contribution < -0.4 is 5.73 Å². The number of nitrogens with two attached hydrogens (primary N) is 1. The number of rotatable bonds is 8. The van der Waals surface area contributed by atoms with Gasteiger partial charge in [0, 0.05) is 6.20 Å². The predicted octanol–water partition coefficient (Wildman–Crippen LogP) is 6.57. The maximum Gasteiger partial charge on any atom is 0.417 e. The quantitative estimate of drug-likeness (QED) is 0.223. The lowest BCUT2D eigenvalue weighted by Gasteiger charge is -2.28. The van der Waals surface area contributed by atoms with Gasteiger partial charge < -0.3 is 15.2 Å². The zero-order valence-corrected chi connectivity index (χ0v) is 24.2. The van der Waals surface area contributed by atoms with Crippen molar-refractivity contribution in [3.8, 4) is 23.5 Å². The number of hydrogen-bond donors (Lipinski definition) is 1. The summed E-state index contributed by atoms with van der Waals surface area (Å²) in [6, 6.07) is 16.4. The molecule has 0 aliphatic carbocycles. The molecule has 0 saturated heterocycles. The minimum Gasteiger partial charge on any atom is -0.463 e. The normalized spacial score (nSPS) is 15.1. The van der Waals surface area contributed by atoms with Crippen molar-refractivity contribution in [3.05, 3.63) is 99.8 Å². The monoisotopic (exact) mass is 605 g/mol. The van der Waals surface area contributed by atoms with Crippen molar-refractivity contribution < 1.29 is 27.4 Å². The van der Waals surface area contributed by atoms with E-state index >= 15 is 0 Å². The lowest BCUT2D eigenvalue weighted by molar-refractivity contribution is -0.139. The second-order valence-corrected chi connectivity index (χ2v) is 10.6. The van der Waals surface area contributed by atoms with E-state index in [2.05, 4.69) is 9.97 Å². The Morgan fingerprint density at radius 3 is 2.42 bits per heavy atom. The number of alkyl halides is 3. The lowest BCUT2D eigenvalue weighted by Crippen LogP contribution is -2.27. The van der Waals surface area contributed by atoms with Crippen LogP contribution in [0.3, 0.4) is 0 Å². The fourth-order valence-corrected chi connectivity index (χ4v) is 5.45. The molecule has 0 bridgehead atoms. The van der Waals surface area contributed by atoms with E-state index in [-0.39, 0.29) is 57.5 Å². The van der Waals surface area contributed by atoms with Crippen LogP contribution in [0.15, 0.2) is 82.5 Å². The van der Waals surface area contributed by atoms with Crippen LogP contribution in [-0.4, -0.2) is 28.3 Å². The van der Waals surface area contributed by atoms with E-state index in [0.29, 0.717) is 5.56 Å². The molecule has 1 unspecified atom stereocenters. The summed E-state index contributed by atoms with van der Waals surface area (Å²) >= 11 is 0.758. The van der Waals surface area contributed by atoms with E-state index in [1.54, 1.807) is 37.3 Å². The van der Waals surface area contributed by atoms with Gasteiger partial charge in [0.2, 0.25) is 5.88 Å². The number of halogens is 3. The van der Waals surface area contributed by atoms with Crippen molar-refractivity contribution in [2.24, 2.45) is 5.73 Å². The van der Waals surface area contributed by atoms with Crippen LogP contribution in [0.1, 0.15) is 54.9 Å². The van der Waals surface area contributed by atoms with Crippen LogP contribution in [0.5, 0.6) is 0 Å². The molecule has 12 heteroatoms. The van der Waals surface area contributed by atoms with Gasteiger partial charge in [-0.2, -0.15) is 23.7 Å². The maximum absolute atomic E-state index is 14.1. The molecule has 1 atom stereocenters. The second-order valence-electron chi connectivity index (χ2n) is 9.65. The van der Waals surface area contributed by atoms with Gasteiger partial charge in [0.25, 0.3) is 0 Å². The zero-order chi connectivity index (χ0) is 31.3. The van der Waals surface area contributed by atoms with Gasteiger partial charge in [-0.3, -0.25) is 4.98 Å². The first-order valence-corrected chi connectivity index (χ1v) is 14.1. The summed E-state index contributed by atoms with van der Waals surface area (Å²) < 4.78 is 53.2. The molecule has 0 amide bonds. The Morgan fingerprint density at radius 2 is 1.86 bits per heavy atom. The molecule has 1 aromatic carbocycles. The average Bonchev–Trinajstić information content (AvgIpc) is 2.99. The Balaban J connectivity index is 1.85. The number of nitriles is 2.